The maximum Gasteiger partial charge on any atom is 0.341 e. The van der Waals surface area contributed by atoms with Crippen LogP contribution in [0, 0.1) is 5.82 Å². The second-order valence-corrected chi connectivity index (χ2v) is 7.31. The molecule has 1 aliphatic heterocycles. The molecule has 3 rings (SSSR count). The normalized spacial score (nSPS) is 16.0. The standard InChI is InChI=1S/C18H18Cl2FN3O4/c1-2-12(19)24-8-10(18(27)28)17(26)9-7-11(21)16(14(20)15(9)24)23-5-3-13(25)22-4-6-23/h7-8,12H,2-6H2,1H3,(H,22,25)(H,27,28). The molecule has 0 bridgehead atoms. The molecule has 0 aliphatic carbocycles. The molecule has 1 aromatic heterocycles. The molecule has 2 aromatic rings. The third-order valence-corrected chi connectivity index (χ3v) is 5.56. The third-order valence-electron chi connectivity index (χ3n) is 4.68. The van der Waals surface area contributed by atoms with E-state index in [2.05, 4.69) is 5.32 Å². The maximum atomic E-state index is 15.0. The number of benzene rings is 1. The van der Waals surface area contributed by atoms with Crippen molar-refractivity contribution in [2.24, 2.45) is 0 Å². The van der Waals surface area contributed by atoms with Crippen LogP contribution < -0.4 is 15.6 Å². The fourth-order valence-electron chi connectivity index (χ4n) is 3.28. The number of alkyl halides is 1. The van der Waals surface area contributed by atoms with E-state index in [9.17, 15) is 23.9 Å². The number of carbonyl (C=O) groups excluding carboxylic acids is 1. The van der Waals surface area contributed by atoms with Crippen LogP contribution in [0.25, 0.3) is 10.9 Å². The van der Waals surface area contributed by atoms with Crippen LogP contribution in [-0.4, -0.2) is 41.2 Å². The van der Waals surface area contributed by atoms with Gasteiger partial charge in [0.15, 0.2) is 0 Å². The number of aromatic carboxylic acids is 1. The van der Waals surface area contributed by atoms with Gasteiger partial charge in [-0.3, -0.25) is 9.59 Å². The summed E-state index contributed by atoms with van der Waals surface area (Å²) in [5, 5.41) is 11.8. The van der Waals surface area contributed by atoms with Crippen molar-refractivity contribution in [2.45, 2.75) is 25.3 Å². The Bertz CT molecular complexity index is 1020. The van der Waals surface area contributed by atoms with E-state index in [1.807, 2.05) is 0 Å². The molecule has 10 heteroatoms. The SMILES string of the molecule is CCC(Cl)n1cc(C(=O)O)c(=O)c2cc(F)c(N3CCNC(=O)CC3)c(Cl)c21. The van der Waals surface area contributed by atoms with Crippen molar-refractivity contribution in [1.29, 1.82) is 0 Å². The van der Waals surface area contributed by atoms with Gasteiger partial charge in [0, 0.05) is 32.3 Å². The number of amides is 1. The summed E-state index contributed by atoms with van der Waals surface area (Å²) in [7, 11) is 0. The molecular weight excluding hydrogens is 412 g/mol. The van der Waals surface area contributed by atoms with Crippen LogP contribution >= 0.6 is 23.2 Å². The van der Waals surface area contributed by atoms with Crippen molar-refractivity contribution in [2.75, 3.05) is 24.5 Å². The first-order valence-corrected chi connectivity index (χ1v) is 9.53. The summed E-state index contributed by atoms with van der Waals surface area (Å²) < 4.78 is 16.3. The van der Waals surface area contributed by atoms with Gasteiger partial charge in [-0.1, -0.05) is 30.1 Å². The number of carbonyl (C=O) groups is 2. The zero-order valence-corrected chi connectivity index (χ0v) is 16.5. The molecule has 0 spiro atoms. The topological polar surface area (TPSA) is 91.6 Å². The Morgan fingerprint density at radius 3 is 2.75 bits per heavy atom. The summed E-state index contributed by atoms with van der Waals surface area (Å²) in [6, 6.07) is 0.987. The van der Waals surface area contributed by atoms with Crippen molar-refractivity contribution >= 4 is 51.7 Å². The Hall–Kier alpha value is -2.32. The molecular formula is C18H18Cl2FN3O4. The molecule has 1 aromatic carbocycles. The highest BCUT2D eigenvalue weighted by molar-refractivity contribution is 6.38. The van der Waals surface area contributed by atoms with Crippen LogP contribution in [-0.2, 0) is 4.79 Å². The summed E-state index contributed by atoms with van der Waals surface area (Å²) in [4.78, 5) is 37.3. The quantitative estimate of drug-likeness (QED) is 0.728. The van der Waals surface area contributed by atoms with Crippen molar-refractivity contribution < 1.29 is 19.1 Å². The van der Waals surface area contributed by atoms with Crippen molar-refractivity contribution in [1.82, 2.24) is 9.88 Å². The molecule has 2 heterocycles. The first-order valence-electron chi connectivity index (χ1n) is 8.72. The first-order chi connectivity index (χ1) is 13.3. The number of nitrogens with zero attached hydrogens (tertiary/aromatic N) is 2. The van der Waals surface area contributed by atoms with Gasteiger partial charge in [0.1, 0.15) is 16.9 Å². The van der Waals surface area contributed by atoms with Gasteiger partial charge >= 0.3 is 5.97 Å². The molecule has 1 aliphatic rings. The Morgan fingerprint density at radius 1 is 1.39 bits per heavy atom. The maximum absolute atomic E-state index is 15.0. The lowest BCUT2D eigenvalue weighted by molar-refractivity contribution is -0.120. The number of nitrogens with one attached hydrogen (secondary N) is 1. The molecule has 1 atom stereocenters. The van der Waals surface area contributed by atoms with Crippen molar-refractivity contribution in [3.05, 3.63) is 38.9 Å². The molecule has 0 radical (unpaired) electrons. The molecule has 0 saturated carbocycles. The minimum Gasteiger partial charge on any atom is -0.477 e. The van der Waals surface area contributed by atoms with E-state index in [1.54, 1.807) is 11.8 Å². The molecule has 1 amide bonds. The van der Waals surface area contributed by atoms with Gasteiger partial charge < -0.3 is 19.9 Å². The Labute approximate surface area is 169 Å². The molecule has 1 saturated heterocycles. The van der Waals surface area contributed by atoms with E-state index in [4.69, 9.17) is 23.2 Å². The molecule has 28 heavy (non-hydrogen) atoms. The number of carboxylic acids is 1. The Balaban J connectivity index is 2.32. The summed E-state index contributed by atoms with van der Waals surface area (Å²) in [5.41, 5.74) is -1.82. The van der Waals surface area contributed by atoms with E-state index in [-0.39, 0.29) is 40.5 Å². The van der Waals surface area contributed by atoms with Gasteiger partial charge in [0.25, 0.3) is 0 Å². The van der Waals surface area contributed by atoms with Crippen molar-refractivity contribution in [3.63, 3.8) is 0 Å². The predicted octanol–water partition coefficient (Wildman–Crippen LogP) is 2.97. The van der Waals surface area contributed by atoms with Gasteiger partial charge in [0.2, 0.25) is 11.3 Å². The molecule has 150 valence electrons. The number of hydrogen-bond donors (Lipinski definition) is 2. The highest BCUT2D eigenvalue weighted by Gasteiger charge is 2.26. The van der Waals surface area contributed by atoms with Crippen LogP contribution in [0.4, 0.5) is 10.1 Å². The fourth-order valence-corrected chi connectivity index (χ4v) is 3.85. The predicted molar refractivity (Wildman–Crippen MR) is 105 cm³/mol. The third kappa shape index (κ3) is 3.54. The van der Waals surface area contributed by atoms with Crippen LogP contribution in [0.5, 0.6) is 0 Å². The molecule has 1 unspecified atom stereocenters. The van der Waals surface area contributed by atoms with E-state index >= 15 is 0 Å². The van der Waals surface area contributed by atoms with Crippen LogP contribution in [0.1, 0.15) is 35.6 Å². The second kappa shape index (κ2) is 7.97. The number of aromatic nitrogens is 1. The van der Waals surface area contributed by atoms with Gasteiger partial charge in [-0.05, 0) is 12.5 Å². The van der Waals surface area contributed by atoms with E-state index in [0.717, 1.165) is 12.3 Å². The highest BCUT2D eigenvalue weighted by Crippen LogP contribution is 2.37. The largest absolute Gasteiger partial charge is 0.477 e. The van der Waals surface area contributed by atoms with E-state index in [0.29, 0.717) is 19.5 Å². The summed E-state index contributed by atoms with van der Waals surface area (Å²) in [5.74, 6) is -2.34. The van der Waals surface area contributed by atoms with E-state index < -0.39 is 28.3 Å². The van der Waals surface area contributed by atoms with Gasteiger partial charge in [-0.15, -0.1) is 0 Å². The number of hydrogen-bond acceptors (Lipinski definition) is 4. The summed E-state index contributed by atoms with van der Waals surface area (Å²) in [6.45, 7) is 2.70. The number of anilines is 1. The van der Waals surface area contributed by atoms with Gasteiger partial charge in [-0.2, -0.15) is 0 Å². The highest BCUT2D eigenvalue weighted by atomic mass is 35.5. The van der Waals surface area contributed by atoms with Crippen molar-refractivity contribution in [3.8, 4) is 0 Å². The minimum absolute atomic E-state index is 0.0440. The number of halogens is 3. The number of rotatable bonds is 4. The number of carboxylic acid groups (broad SMARTS) is 1. The first kappa shape index (κ1) is 20.4. The van der Waals surface area contributed by atoms with Crippen LogP contribution in [0.3, 0.4) is 0 Å². The average Bonchev–Trinajstić information content (AvgIpc) is 2.86. The molecule has 7 nitrogen and oxygen atoms in total. The monoisotopic (exact) mass is 429 g/mol. The smallest absolute Gasteiger partial charge is 0.341 e. The average molecular weight is 430 g/mol. The summed E-state index contributed by atoms with van der Waals surface area (Å²) in [6.07, 6.45) is 1.73. The fraction of sp³-hybridized carbons (Fsp3) is 0.389. The summed E-state index contributed by atoms with van der Waals surface area (Å²) >= 11 is 12.9. The number of pyridine rings is 1. The minimum atomic E-state index is -1.43. The Kier molecular flexibility index (Phi) is 5.81. The zero-order valence-electron chi connectivity index (χ0n) is 15.0. The second-order valence-electron chi connectivity index (χ2n) is 6.43. The lowest BCUT2D eigenvalue weighted by Gasteiger charge is -2.26. The van der Waals surface area contributed by atoms with E-state index in [1.165, 1.54) is 4.57 Å². The lowest BCUT2D eigenvalue weighted by atomic mass is 10.1. The number of fused-ring (bicyclic) bond motifs is 1. The molecule has 2 N–H and O–H groups in total. The lowest BCUT2D eigenvalue weighted by Crippen LogP contribution is -2.30. The Morgan fingerprint density at radius 2 is 2.11 bits per heavy atom. The zero-order chi connectivity index (χ0) is 20.6. The molecule has 1 fully saturated rings. The van der Waals surface area contributed by atoms with Gasteiger partial charge in [-0.25, -0.2) is 9.18 Å². The van der Waals surface area contributed by atoms with Crippen LogP contribution in [0.2, 0.25) is 5.02 Å². The van der Waals surface area contributed by atoms with Crippen LogP contribution in [0.15, 0.2) is 17.1 Å². The van der Waals surface area contributed by atoms with Gasteiger partial charge in [0.05, 0.1) is 21.6 Å².